The Balaban J connectivity index is 1.37. The number of amides is 1. The minimum Gasteiger partial charge on any atom is -0.373 e. The molecular formula is C22H26FN3O2. The van der Waals surface area contributed by atoms with E-state index >= 15 is 0 Å². The van der Waals surface area contributed by atoms with E-state index in [0.29, 0.717) is 25.4 Å². The van der Waals surface area contributed by atoms with Crippen LogP contribution in [-0.2, 0) is 4.74 Å². The van der Waals surface area contributed by atoms with Crippen molar-refractivity contribution in [2.24, 2.45) is 0 Å². The highest BCUT2D eigenvalue weighted by Crippen LogP contribution is 2.38. The molecular weight excluding hydrogens is 357 g/mol. The molecule has 0 unspecified atom stereocenters. The average molecular weight is 383 g/mol. The summed E-state index contributed by atoms with van der Waals surface area (Å²) in [7, 11) is 2.03. The first-order valence-corrected chi connectivity index (χ1v) is 9.81. The Labute approximate surface area is 165 Å². The standard InChI is InChI=1S/C22H26FN3O2/c1-16-4-3-5-20(24-16)21(27)26-12-10-22(11-13-26)14-19(15-28-22)25(2)18-8-6-17(23)7-9-18/h3-9,19H,10-15H2,1-2H3/t19-/m0/s1. The molecule has 0 aliphatic carbocycles. The molecule has 0 saturated carbocycles. The van der Waals surface area contributed by atoms with E-state index in [4.69, 9.17) is 4.74 Å². The third kappa shape index (κ3) is 3.74. The fraction of sp³-hybridized carbons (Fsp3) is 0.455. The molecule has 148 valence electrons. The Bertz CT molecular complexity index is 847. The van der Waals surface area contributed by atoms with E-state index in [-0.39, 0.29) is 23.4 Å². The minimum atomic E-state index is -0.226. The van der Waals surface area contributed by atoms with E-state index < -0.39 is 0 Å². The molecule has 6 heteroatoms. The van der Waals surface area contributed by atoms with Gasteiger partial charge in [-0.1, -0.05) is 6.07 Å². The Kier molecular flexibility index (Phi) is 5.06. The van der Waals surface area contributed by atoms with Crippen LogP contribution in [0.25, 0.3) is 0 Å². The zero-order chi connectivity index (χ0) is 19.7. The van der Waals surface area contributed by atoms with Gasteiger partial charge in [0, 0.05) is 31.5 Å². The highest BCUT2D eigenvalue weighted by atomic mass is 19.1. The third-order valence-corrected chi connectivity index (χ3v) is 6.04. The summed E-state index contributed by atoms with van der Waals surface area (Å²) >= 11 is 0. The molecule has 2 aliphatic heterocycles. The fourth-order valence-electron chi connectivity index (χ4n) is 4.25. The molecule has 3 heterocycles. The van der Waals surface area contributed by atoms with E-state index in [1.807, 2.05) is 31.0 Å². The Morgan fingerprint density at radius 3 is 2.61 bits per heavy atom. The largest absolute Gasteiger partial charge is 0.373 e. The normalized spacial score (nSPS) is 21.1. The lowest BCUT2D eigenvalue weighted by Crippen LogP contribution is -2.47. The summed E-state index contributed by atoms with van der Waals surface area (Å²) in [6.45, 7) is 3.91. The predicted molar refractivity (Wildman–Crippen MR) is 106 cm³/mol. The number of carbonyl (C=O) groups excluding carboxylic acids is 1. The van der Waals surface area contributed by atoms with E-state index in [0.717, 1.165) is 30.6 Å². The summed E-state index contributed by atoms with van der Waals surface area (Å²) in [5, 5.41) is 0. The SMILES string of the molecule is Cc1cccc(C(=O)N2CCC3(CC2)C[C@H](N(C)c2ccc(F)cc2)CO3)n1. The van der Waals surface area contributed by atoms with Gasteiger partial charge in [0.25, 0.3) is 5.91 Å². The number of piperidine rings is 1. The van der Waals surface area contributed by atoms with Gasteiger partial charge in [0.15, 0.2) is 0 Å². The van der Waals surface area contributed by atoms with Crippen LogP contribution in [0.1, 0.15) is 35.4 Å². The maximum atomic E-state index is 13.2. The number of aromatic nitrogens is 1. The van der Waals surface area contributed by atoms with Crippen molar-refractivity contribution in [3.8, 4) is 0 Å². The molecule has 2 aliphatic rings. The van der Waals surface area contributed by atoms with Crippen LogP contribution in [0, 0.1) is 12.7 Å². The van der Waals surface area contributed by atoms with Crippen LogP contribution in [0.3, 0.4) is 0 Å². The number of halogens is 1. The van der Waals surface area contributed by atoms with Crippen molar-refractivity contribution in [1.82, 2.24) is 9.88 Å². The summed E-state index contributed by atoms with van der Waals surface area (Å²) in [6, 6.07) is 12.4. The van der Waals surface area contributed by atoms with Gasteiger partial charge in [-0.3, -0.25) is 4.79 Å². The number of benzene rings is 1. The first-order valence-electron chi connectivity index (χ1n) is 9.81. The lowest BCUT2D eigenvalue weighted by molar-refractivity contribution is -0.0389. The molecule has 1 aromatic heterocycles. The fourth-order valence-corrected chi connectivity index (χ4v) is 4.25. The van der Waals surface area contributed by atoms with Gasteiger partial charge < -0.3 is 14.5 Å². The summed E-state index contributed by atoms with van der Waals surface area (Å²) in [5.74, 6) is -0.229. The maximum Gasteiger partial charge on any atom is 0.272 e. The Morgan fingerprint density at radius 1 is 1.21 bits per heavy atom. The van der Waals surface area contributed by atoms with Crippen LogP contribution in [-0.4, -0.2) is 54.2 Å². The lowest BCUT2D eigenvalue weighted by Gasteiger charge is -2.39. The molecule has 28 heavy (non-hydrogen) atoms. The van der Waals surface area contributed by atoms with E-state index in [1.165, 1.54) is 12.1 Å². The molecule has 2 fully saturated rings. The monoisotopic (exact) mass is 383 g/mol. The topological polar surface area (TPSA) is 45.7 Å². The molecule has 0 bridgehead atoms. The van der Waals surface area contributed by atoms with Crippen molar-refractivity contribution >= 4 is 11.6 Å². The van der Waals surface area contributed by atoms with Gasteiger partial charge in [-0.25, -0.2) is 9.37 Å². The van der Waals surface area contributed by atoms with Crippen molar-refractivity contribution < 1.29 is 13.9 Å². The number of hydrogen-bond acceptors (Lipinski definition) is 4. The number of ether oxygens (including phenoxy) is 1. The number of likely N-dealkylation sites (N-methyl/N-ethyl adjacent to an activating group) is 1. The number of rotatable bonds is 3. The Morgan fingerprint density at radius 2 is 1.93 bits per heavy atom. The predicted octanol–water partition coefficient (Wildman–Crippen LogP) is 3.43. The first kappa shape index (κ1) is 18.9. The number of carbonyl (C=O) groups is 1. The van der Waals surface area contributed by atoms with Crippen LogP contribution < -0.4 is 4.90 Å². The van der Waals surface area contributed by atoms with Gasteiger partial charge in [-0.05, 0) is 62.6 Å². The number of anilines is 1. The average Bonchev–Trinajstić information content (AvgIpc) is 3.12. The molecule has 0 N–H and O–H groups in total. The molecule has 2 saturated heterocycles. The van der Waals surface area contributed by atoms with Crippen LogP contribution in [0.15, 0.2) is 42.5 Å². The van der Waals surface area contributed by atoms with Crippen LogP contribution in [0.5, 0.6) is 0 Å². The molecule has 5 nitrogen and oxygen atoms in total. The van der Waals surface area contributed by atoms with Gasteiger partial charge >= 0.3 is 0 Å². The molecule has 1 spiro atoms. The van der Waals surface area contributed by atoms with Gasteiger partial charge in [0.1, 0.15) is 11.5 Å². The summed E-state index contributed by atoms with van der Waals surface area (Å²) < 4.78 is 19.4. The molecule has 2 aromatic rings. The number of hydrogen-bond donors (Lipinski definition) is 0. The van der Waals surface area contributed by atoms with Gasteiger partial charge in [0.2, 0.25) is 0 Å². The van der Waals surface area contributed by atoms with Gasteiger partial charge in [0.05, 0.1) is 18.2 Å². The van der Waals surface area contributed by atoms with E-state index in [1.54, 1.807) is 18.2 Å². The maximum absolute atomic E-state index is 13.2. The second kappa shape index (κ2) is 7.51. The molecule has 1 atom stereocenters. The quantitative estimate of drug-likeness (QED) is 0.815. The zero-order valence-corrected chi connectivity index (χ0v) is 16.4. The summed E-state index contributed by atoms with van der Waals surface area (Å²) in [4.78, 5) is 21.1. The van der Waals surface area contributed by atoms with Crippen molar-refractivity contribution in [1.29, 1.82) is 0 Å². The summed E-state index contributed by atoms with van der Waals surface area (Å²) in [5.41, 5.74) is 2.18. The van der Waals surface area contributed by atoms with Crippen LogP contribution >= 0.6 is 0 Å². The molecule has 1 aromatic carbocycles. The highest BCUT2D eigenvalue weighted by Gasteiger charge is 2.44. The first-order chi connectivity index (χ1) is 13.5. The third-order valence-electron chi connectivity index (χ3n) is 6.04. The lowest BCUT2D eigenvalue weighted by atomic mass is 9.87. The number of nitrogens with zero attached hydrogens (tertiary/aromatic N) is 3. The zero-order valence-electron chi connectivity index (χ0n) is 16.4. The summed E-state index contributed by atoms with van der Waals surface area (Å²) in [6.07, 6.45) is 2.59. The molecule has 1 amide bonds. The van der Waals surface area contributed by atoms with E-state index in [2.05, 4.69) is 9.88 Å². The molecule has 4 rings (SSSR count). The number of likely N-dealkylation sites (tertiary alicyclic amines) is 1. The minimum absolute atomic E-state index is 0.00322. The second-order valence-corrected chi connectivity index (χ2v) is 7.90. The van der Waals surface area contributed by atoms with Gasteiger partial charge in [-0.2, -0.15) is 0 Å². The van der Waals surface area contributed by atoms with Crippen LogP contribution in [0.4, 0.5) is 10.1 Å². The van der Waals surface area contributed by atoms with Gasteiger partial charge in [-0.15, -0.1) is 0 Å². The van der Waals surface area contributed by atoms with Crippen LogP contribution in [0.2, 0.25) is 0 Å². The smallest absolute Gasteiger partial charge is 0.272 e. The van der Waals surface area contributed by atoms with Crippen molar-refractivity contribution in [3.63, 3.8) is 0 Å². The Hall–Kier alpha value is -2.47. The highest BCUT2D eigenvalue weighted by molar-refractivity contribution is 5.92. The number of pyridine rings is 1. The van der Waals surface area contributed by atoms with E-state index in [9.17, 15) is 9.18 Å². The van der Waals surface area contributed by atoms with Crippen molar-refractivity contribution in [2.45, 2.75) is 37.8 Å². The second-order valence-electron chi connectivity index (χ2n) is 7.90. The molecule has 0 radical (unpaired) electrons. The van der Waals surface area contributed by atoms with Crippen molar-refractivity contribution in [2.75, 3.05) is 31.6 Å². The number of aryl methyl sites for hydroxylation is 1. The van der Waals surface area contributed by atoms with Crippen molar-refractivity contribution in [3.05, 3.63) is 59.7 Å².